The molecule has 19 heavy (non-hydrogen) atoms. The first-order chi connectivity index (χ1) is 9.16. The molecule has 0 bridgehead atoms. The van der Waals surface area contributed by atoms with Gasteiger partial charge in [0.1, 0.15) is 11.6 Å². The van der Waals surface area contributed by atoms with Crippen LogP contribution in [0.4, 0.5) is 8.78 Å². The highest BCUT2D eigenvalue weighted by Crippen LogP contribution is 2.19. The van der Waals surface area contributed by atoms with Crippen molar-refractivity contribution in [2.45, 2.75) is 50.7 Å². The molecule has 1 fully saturated rings. The van der Waals surface area contributed by atoms with Gasteiger partial charge < -0.3 is 10.5 Å². The summed E-state index contributed by atoms with van der Waals surface area (Å²) in [5.74, 6) is -1.02. The van der Waals surface area contributed by atoms with Crippen LogP contribution in [0.2, 0.25) is 0 Å². The van der Waals surface area contributed by atoms with Crippen LogP contribution in [-0.2, 0) is 11.2 Å². The van der Waals surface area contributed by atoms with Crippen molar-refractivity contribution < 1.29 is 13.5 Å². The lowest BCUT2D eigenvalue weighted by Gasteiger charge is -2.23. The first-order valence-corrected chi connectivity index (χ1v) is 6.97. The van der Waals surface area contributed by atoms with Gasteiger partial charge in [-0.15, -0.1) is 0 Å². The molecule has 0 aromatic heterocycles. The smallest absolute Gasteiger partial charge is 0.129 e. The van der Waals surface area contributed by atoms with Crippen molar-refractivity contribution >= 4 is 0 Å². The monoisotopic (exact) mass is 269 g/mol. The molecule has 1 aromatic carbocycles. The molecule has 4 heteroatoms. The number of nitrogens with two attached hydrogens (primary N) is 1. The largest absolute Gasteiger partial charge is 0.378 e. The average Bonchev–Trinajstić information content (AvgIpc) is 2.42. The summed E-state index contributed by atoms with van der Waals surface area (Å²) in [4.78, 5) is 0. The molecule has 1 aliphatic rings. The van der Waals surface area contributed by atoms with Crippen LogP contribution in [0.1, 0.15) is 37.7 Å². The molecule has 1 aliphatic heterocycles. The van der Waals surface area contributed by atoms with Gasteiger partial charge in [0.2, 0.25) is 0 Å². The molecule has 2 nitrogen and oxygen atoms in total. The quantitative estimate of drug-likeness (QED) is 0.891. The second-order valence-corrected chi connectivity index (χ2v) is 5.23. The molecule has 0 amide bonds. The second-order valence-electron chi connectivity index (χ2n) is 5.23. The van der Waals surface area contributed by atoms with Crippen LogP contribution in [-0.4, -0.2) is 18.8 Å². The summed E-state index contributed by atoms with van der Waals surface area (Å²) in [6.07, 6.45) is 5.51. The Morgan fingerprint density at radius 1 is 1.26 bits per heavy atom. The third-order valence-electron chi connectivity index (χ3n) is 3.66. The molecule has 0 radical (unpaired) electrons. The van der Waals surface area contributed by atoms with Gasteiger partial charge in [-0.25, -0.2) is 8.78 Å². The highest BCUT2D eigenvalue weighted by molar-refractivity contribution is 5.20. The Morgan fingerprint density at radius 3 is 2.63 bits per heavy atom. The summed E-state index contributed by atoms with van der Waals surface area (Å²) in [7, 11) is 0. The molecule has 1 saturated heterocycles. The Balaban J connectivity index is 1.82. The number of hydrogen-bond donors (Lipinski definition) is 1. The number of ether oxygens (including phenoxy) is 1. The molecular weight excluding hydrogens is 248 g/mol. The lowest BCUT2D eigenvalue weighted by molar-refractivity contribution is 0.00914. The summed E-state index contributed by atoms with van der Waals surface area (Å²) in [5.41, 5.74) is 6.07. The minimum Gasteiger partial charge on any atom is -0.378 e. The van der Waals surface area contributed by atoms with Crippen LogP contribution >= 0.6 is 0 Å². The molecule has 2 unspecified atom stereocenters. The Bertz CT molecular complexity index is 385. The van der Waals surface area contributed by atoms with Crippen molar-refractivity contribution in [1.29, 1.82) is 0 Å². The normalized spacial score (nSPS) is 21.3. The zero-order valence-corrected chi connectivity index (χ0v) is 11.1. The first kappa shape index (κ1) is 14.4. The summed E-state index contributed by atoms with van der Waals surface area (Å²) in [6, 6.07) is 3.69. The molecule has 2 N–H and O–H groups in total. The van der Waals surface area contributed by atoms with Gasteiger partial charge in [0.25, 0.3) is 0 Å². The van der Waals surface area contributed by atoms with Crippen LogP contribution in [0.5, 0.6) is 0 Å². The summed E-state index contributed by atoms with van der Waals surface area (Å²) in [5, 5.41) is 0. The fourth-order valence-electron chi connectivity index (χ4n) is 2.53. The molecular formula is C15H21F2NO. The Kier molecular flexibility index (Phi) is 5.28. The zero-order chi connectivity index (χ0) is 13.7. The molecule has 1 heterocycles. The van der Waals surface area contributed by atoms with Gasteiger partial charge in [-0.05, 0) is 50.7 Å². The molecule has 0 spiro atoms. The van der Waals surface area contributed by atoms with E-state index >= 15 is 0 Å². The van der Waals surface area contributed by atoms with E-state index in [9.17, 15) is 8.78 Å². The predicted octanol–water partition coefficient (Wildman–Crippen LogP) is 3.18. The van der Waals surface area contributed by atoms with Crippen molar-refractivity contribution in [2.75, 3.05) is 6.61 Å². The summed E-state index contributed by atoms with van der Waals surface area (Å²) >= 11 is 0. The predicted molar refractivity (Wildman–Crippen MR) is 70.9 cm³/mol. The van der Waals surface area contributed by atoms with Gasteiger partial charge in [-0.1, -0.05) is 6.07 Å². The van der Waals surface area contributed by atoms with Crippen LogP contribution in [0.25, 0.3) is 0 Å². The van der Waals surface area contributed by atoms with Gasteiger partial charge in [-0.3, -0.25) is 0 Å². The summed E-state index contributed by atoms with van der Waals surface area (Å²) in [6.45, 7) is 0.821. The molecule has 2 rings (SSSR count). The standard InChI is InChI=1S/C15H21F2NO/c16-14-5-3-6-15(17)13(14)10-11(18)7-8-12-4-1-2-9-19-12/h3,5-6,11-12H,1-2,4,7-10,18H2. The van der Waals surface area contributed by atoms with Crippen LogP contribution in [0.15, 0.2) is 18.2 Å². The van der Waals surface area contributed by atoms with Crippen LogP contribution < -0.4 is 5.73 Å². The molecule has 0 aliphatic carbocycles. The fourth-order valence-corrected chi connectivity index (χ4v) is 2.53. The van der Waals surface area contributed by atoms with E-state index in [1.165, 1.54) is 24.6 Å². The van der Waals surface area contributed by atoms with Gasteiger partial charge in [0, 0.05) is 18.2 Å². The van der Waals surface area contributed by atoms with E-state index in [1.807, 2.05) is 0 Å². The third kappa shape index (κ3) is 4.25. The van der Waals surface area contributed by atoms with E-state index in [0.29, 0.717) is 0 Å². The van der Waals surface area contributed by atoms with Crippen LogP contribution in [0, 0.1) is 11.6 Å². The number of hydrogen-bond acceptors (Lipinski definition) is 2. The van der Waals surface area contributed by atoms with Gasteiger partial charge >= 0.3 is 0 Å². The van der Waals surface area contributed by atoms with E-state index in [2.05, 4.69) is 0 Å². The Morgan fingerprint density at radius 2 is 2.00 bits per heavy atom. The molecule has 0 saturated carbocycles. The van der Waals surface area contributed by atoms with Crippen molar-refractivity contribution in [3.63, 3.8) is 0 Å². The van der Waals surface area contributed by atoms with Gasteiger partial charge in [-0.2, -0.15) is 0 Å². The lowest BCUT2D eigenvalue weighted by atomic mass is 9.97. The van der Waals surface area contributed by atoms with E-state index in [1.54, 1.807) is 0 Å². The van der Waals surface area contributed by atoms with Crippen molar-refractivity contribution in [2.24, 2.45) is 5.73 Å². The van der Waals surface area contributed by atoms with E-state index in [0.717, 1.165) is 32.3 Å². The SMILES string of the molecule is NC(CCC1CCCCO1)Cc1c(F)cccc1F. The van der Waals surface area contributed by atoms with E-state index in [4.69, 9.17) is 10.5 Å². The highest BCUT2D eigenvalue weighted by Gasteiger charge is 2.17. The first-order valence-electron chi connectivity index (χ1n) is 6.97. The fraction of sp³-hybridized carbons (Fsp3) is 0.600. The van der Waals surface area contributed by atoms with Crippen LogP contribution in [0.3, 0.4) is 0 Å². The van der Waals surface area contributed by atoms with E-state index < -0.39 is 11.6 Å². The molecule has 2 atom stereocenters. The van der Waals surface area contributed by atoms with Gasteiger partial charge in [0.05, 0.1) is 6.10 Å². The molecule has 106 valence electrons. The lowest BCUT2D eigenvalue weighted by Crippen LogP contribution is -2.27. The Labute approximate surface area is 112 Å². The van der Waals surface area contributed by atoms with E-state index in [-0.39, 0.29) is 24.1 Å². The van der Waals surface area contributed by atoms with Crippen molar-refractivity contribution in [1.82, 2.24) is 0 Å². The zero-order valence-electron chi connectivity index (χ0n) is 11.1. The molecule has 1 aromatic rings. The summed E-state index contributed by atoms with van der Waals surface area (Å²) < 4.78 is 32.6. The maximum atomic E-state index is 13.5. The number of rotatable bonds is 5. The number of halogens is 2. The topological polar surface area (TPSA) is 35.2 Å². The minimum atomic E-state index is -0.510. The maximum Gasteiger partial charge on any atom is 0.129 e. The van der Waals surface area contributed by atoms with Gasteiger partial charge in [0.15, 0.2) is 0 Å². The Hall–Kier alpha value is -1.00. The second kappa shape index (κ2) is 6.96. The van der Waals surface area contributed by atoms with Crippen molar-refractivity contribution in [3.8, 4) is 0 Å². The average molecular weight is 269 g/mol. The maximum absolute atomic E-state index is 13.5. The highest BCUT2D eigenvalue weighted by atomic mass is 19.1. The minimum absolute atomic E-state index is 0.0968. The third-order valence-corrected chi connectivity index (χ3v) is 3.66. The number of benzene rings is 1. The van der Waals surface area contributed by atoms with Crippen molar-refractivity contribution in [3.05, 3.63) is 35.4 Å².